The van der Waals surface area contributed by atoms with Gasteiger partial charge in [0.2, 0.25) is 0 Å². The summed E-state index contributed by atoms with van der Waals surface area (Å²) in [6.07, 6.45) is 2.75. The van der Waals surface area contributed by atoms with Gasteiger partial charge in [0, 0.05) is 34.9 Å². The van der Waals surface area contributed by atoms with Crippen LogP contribution < -0.4 is 5.32 Å². The summed E-state index contributed by atoms with van der Waals surface area (Å²) >= 11 is 0. The molecule has 0 atom stereocenters. The van der Waals surface area contributed by atoms with Crippen LogP contribution in [0.2, 0.25) is 0 Å². The first-order valence-corrected chi connectivity index (χ1v) is 7.08. The predicted molar refractivity (Wildman–Crippen MR) is 83.8 cm³/mol. The van der Waals surface area contributed by atoms with Crippen LogP contribution in [0, 0.1) is 0 Å². The van der Waals surface area contributed by atoms with Gasteiger partial charge < -0.3 is 5.32 Å². The average molecular weight is 274 g/mol. The normalized spacial score (nSPS) is 13.0. The number of fused-ring (bicyclic) bond motifs is 2. The molecule has 102 valence electrons. The Balaban J connectivity index is 1.83. The van der Waals surface area contributed by atoms with Crippen molar-refractivity contribution in [2.75, 3.05) is 11.9 Å². The quantitative estimate of drug-likeness (QED) is 0.728. The minimum absolute atomic E-state index is 0.0239. The second kappa shape index (κ2) is 4.70. The van der Waals surface area contributed by atoms with Crippen molar-refractivity contribution >= 4 is 22.4 Å². The molecule has 3 heteroatoms. The van der Waals surface area contributed by atoms with Crippen LogP contribution in [-0.2, 0) is 6.42 Å². The van der Waals surface area contributed by atoms with Crippen LogP contribution in [0.5, 0.6) is 0 Å². The van der Waals surface area contributed by atoms with Gasteiger partial charge in [-0.3, -0.25) is 9.78 Å². The van der Waals surface area contributed by atoms with Gasteiger partial charge >= 0.3 is 0 Å². The molecule has 0 spiro atoms. The minimum atomic E-state index is 0.0239. The summed E-state index contributed by atoms with van der Waals surface area (Å²) in [5, 5.41) is 4.30. The van der Waals surface area contributed by atoms with E-state index in [1.807, 2.05) is 48.5 Å². The van der Waals surface area contributed by atoms with Crippen molar-refractivity contribution in [2.45, 2.75) is 6.42 Å². The van der Waals surface area contributed by atoms with Gasteiger partial charge in [0.1, 0.15) is 0 Å². The highest BCUT2D eigenvalue weighted by molar-refractivity contribution is 6.15. The zero-order valence-corrected chi connectivity index (χ0v) is 11.5. The second-order valence-corrected chi connectivity index (χ2v) is 5.26. The number of benzene rings is 2. The largest absolute Gasteiger partial charge is 0.384 e. The number of aromatic nitrogens is 1. The summed E-state index contributed by atoms with van der Waals surface area (Å²) in [5.74, 6) is 0.0239. The number of carbonyl (C=O) groups is 1. The maximum atomic E-state index is 12.8. The number of nitrogens with one attached hydrogen (secondary N) is 1. The lowest BCUT2D eigenvalue weighted by Crippen LogP contribution is -2.03. The Bertz CT molecular complexity index is 849. The fourth-order valence-electron chi connectivity index (χ4n) is 2.88. The number of rotatable bonds is 2. The van der Waals surface area contributed by atoms with Crippen LogP contribution in [0.25, 0.3) is 10.9 Å². The van der Waals surface area contributed by atoms with Gasteiger partial charge in [-0.1, -0.05) is 30.3 Å². The maximum absolute atomic E-state index is 12.8. The monoisotopic (exact) mass is 274 g/mol. The van der Waals surface area contributed by atoms with E-state index in [1.54, 1.807) is 6.20 Å². The SMILES string of the molecule is O=C(c1ccc2c(c1)NCC2)c1cccc2cccnc12. The summed E-state index contributed by atoms with van der Waals surface area (Å²) in [6.45, 7) is 0.947. The lowest BCUT2D eigenvalue weighted by atomic mass is 9.99. The fraction of sp³-hybridized carbons (Fsp3) is 0.111. The van der Waals surface area contributed by atoms with Gasteiger partial charge in [0.25, 0.3) is 0 Å². The number of para-hydroxylation sites is 1. The molecule has 0 bridgehead atoms. The minimum Gasteiger partial charge on any atom is -0.384 e. The van der Waals surface area contributed by atoms with Crippen LogP contribution in [0.3, 0.4) is 0 Å². The van der Waals surface area contributed by atoms with E-state index in [2.05, 4.69) is 10.3 Å². The molecule has 0 saturated carbocycles. The molecule has 1 N–H and O–H groups in total. The smallest absolute Gasteiger partial charge is 0.195 e. The molecule has 1 aliphatic heterocycles. The Morgan fingerprint density at radius 3 is 2.95 bits per heavy atom. The Morgan fingerprint density at radius 1 is 1.10 bits per heavy atom. The average Bonchev–Trinajstić information content (AvgIpc) is 3.01. The Labute approximate surface area is 122 Å². The number of ketones is 1. The van der Waals surface area contributed by atoms with Gasteiger partial charge in [0.05, 0.1) is 5.52 Å². The van der Waals surface area contributed by atoms with Gasteiger partial charge in [-0.25, -0.2) is 0 Å². The Kier molecular flexibility index (Phi) is 2.71. The zero-order valence-electron chi connectivity index (χ0n) is 11.5. The lowest BCUT2D eigenvalue weighted by Gasteiger charge is -2.07. The number of carbonyl (C=O) groups excluding carboxylic acids is 1. The Morgan fingerprint density at radius 2 is 2.00 bits per heavy atom. The van der Waals surface area contributed by atoms with Crippen molar-refractivity contribution in [3.05, 3.63) is 71.4 Å². The van der Waals surface area contributed by atoms with E-state index < -0.39 is 0 Å². The third-order valence-electron chi connectivity index (χ3n) is 3.96. The van der Waals surface area contributed by atoms with E-state index in [0.717, 1.165) is 29.6 Å². The molecule has 2 heterocycles. The van der Waals surface area contributed by atoms with E-state index in [9.17, 15) is 4.79 Å². The van der Waals surface area contributed by atoms with E-state index in [0.29, 0.717) is 11.1 Å². The van der Waals surface area contributed by atoms with E-state index in [-0.39, 0.29) is 5.78 Å². The predicted octanol–water partition coefficient (Wildman–Crippen LogP) is 3.43. The molecule has 0 radical (unpaired) electrons. The zero-order chi connectivity index (χ0) is 14.2. The van der Waals surface area contributed by atoms with Crippen molar-refractivity contribution in [2.24, 2.45) is 0 Å². The van der Waals surface area contributed by atoms with Gasteiger partial charge in [-0.2, -0.15) is 0 Å². The number of nitrogens with zero attached hydrogens (tertiary/aromatic N) is 1. The maximum Gasteiger partial charge on any atom is 0.195 e. The molecule has 3 aromatic rings. The number of hydrogen-bond donors (Lipinski definition) is 1. The highest BCUT2D eigenvalue weighted by Crippen LogP contribution is 2.26. The fourth-order valence-corrected chi connectivity index (χ4v) is 2.88. The van der Waals surface area contributed by atoms with Crippen molar-refractivity contribution in [3.8, 4) is 0 Å². The molecule has 1 aromatic heterocycles. The van der Waals surface area contributed by atoms with E-state index >= 15 is 0 Å². The molecule has 0 unspecified atom stereocenters. The summed E-state index contributed by atoms with van der Waals surface area (Å²) in [6, 6.07) is 15.5. The van der Waals surface area contributed by atoms with Crippen LogP contribution >= 0.6 is 0 Å². The standard InChI is InChI=1S/C18H14N2O/c21-18(14-7-6-12-8-10-19-16(12)11-14)15-5-1-3-13-4-2-9-20-17(13)15/h1-7,9,11,19H,8,10H2. The molecule has 21 heavy (non-hydrogen) atoms. The second-order valence-electron chi connectivity index (χ2n) is 5.26. The summed E-state index contributed by atoms with van der Waals surface area (Å²) in [7, 11) is 0. The molecule has 2 aromatic carbocycles. The van der Waals surface area contributed by atoms with Crippen LogP contribution in [0.4, 0.5) is 5.69 Å². The molecule has 3 nitrogen and oxygen atoms in total. The van der Waals surface area contributed by atoms with Gasteiger partial charge in [-0.15, -0.1) is 0 Å². The van der Waals surface area contributed by atoms with E-state index in [1.165, 1.54) is 5.56 Å². The van der Waals surface area contributed by atoms with E-state index in [4.69, 9.17) is 0 Å². The van der Waals surface area contributed by atoms with Crippen LogP contribution in [-0.4, -0.2) is 17.3 Å². The summed E-state index contributed by atoms with van der Waals surface area (Å²) < 4.78 is 0. The third kappa shape index (κ3) is 1.98. The topological polar surface area (TPSA) is 42.0 Å². The lowest BCUT2D eigenvalue weighted by molar-refractivity contribution is 0.104. The molecule has 0 amide bonds. The third-order valence-corrected chi connectivity index (χ3v) is 3.96. The summed E-state index contributed by atoms with van der Waals surface area (Å²) in [5.41, 5.74) is 4.49. The van der Waals surface area contributed by atoms with Crippen LogP contribution in [0.15, 0.2) is 54.7 Å². The molecular weight excluding hydrogens is 260 g/mol. The first-order valence-electron chi connectivity index (χ1n) is 7.08. The molecule has 4 rings (SSSR count). The van der Waals surface area contributed by atoms with Gasteiger partial charge in [0.15, 0.2) is 5.78 Å². The van der Waals surface area contributed by atoms with Crippen LogP contribution in [0.1, 0.15) is 21.5 Å². The molecule has 0 fully saturated rings. The van der Waals surface area contributed by atoms with Crippen molar-refractivity contribution in [3.63, 3.8) is 0 Å². The number of pyridine rings is 1. The molecule has 1 aliphatic rings. The highest BCUT2D eigenvalue weighted by Gasteiger charge is 2.16. The van der Waals surface area contributed by atoms with Crippen molar-refractivity contribution in [1.82, 2.24) is 4.98 Å². The van der Waals surface area contributed by atoms with Crippen molar-refractivity contribution in [1.29, 1.82) is 0 Å². The number of anilines is 1. The molecule has 0 aliphatic carbocycles. The molecule has 0 saturated heterocycles. The first-order chi connectivity index (χ1) is 10.3. The Hall–Kier alpha value is -2.68. The first kappa shape index (κ1) is 12.1. The van der Waals surface area contributed by atoms with Crippen molar-refractivity contribution < 1.29 is 4.79 Å². The van der Waals surface area contributed by atoms with Gasteiger partial charge in [-0.05, 0) is 30.2 Å². The summed E-state index contributed by atoms with van der Waals surface area (Å²) in [4.78, 5) is 17.2. The molecular formula is C18H14N2O. The highest BCUT2D eigenvalue weighted by atomic mass is 16.1. The number of hydrogen-bond acceptors (Lipinski definition) is 3.